The van der Waals surface area contributed by atoms with Crippen LogP contribution in [0.1, 0.15) is 55.1 Å². The Morgan fingerprint density at radius 2 is 0.990 bits per heavy atom. The molecular weight excluding hydrogens is 1460 g/mol. The van der Waals surface area contributed by atoms with Gasteiger partial charge in [0.2, 0.25) is 5.95 Å². The molecule has 22 atom stereocenters. The molecule has 0 bridgehead atoms. The Kier molecular flexibility index (Phi) is 21.1. The SMILES string of the molecule is Cc1cn([C@H]2CC(O)[C@@H](COP(=O)(O)OC3C[C@H](n4cc(C)c(=O)[nH]c4=O)O[C@@H]3COP(=O)(O)O[C@@H]3[C@H](O)[C@H](n4cnc5c(=O)[nH]c(N)nc54)O[C@@H]3COP(=O)(O)OC3[C@@H](COP(=O)(O)OC4C(O)[C@H](n5cnc6c(N)ncnc65)O[C@@H]4CO)O[C@@H](n4ccc(N)nc4=O)[C@H]3O)O2)c(=O)[nH]c1=O. The third kappa shape index (κ3) is 15.5. The van der Waals surface area contributed by atoms with Gasteiger partial charge in [0.1, 0.15) is 103 Å². The van der Waals surface area contributed by atoms with Crippen molar-refractivity contribution in [1.29, 1.82) is 0 Å². The molecule has 0 aromatic carbocycles. The lowest BCUT2D eigenvalue weighted by atomic mass is 10.1. The predicted octanol–water partition coefficient (Wildman–Crippen LogP) is -5.61. The highest BCUT2D eigenvalue weighted by Crippen LogP contribution is 2.55. The summed E-state index contributed by atoms with van der Waals surface area (Å²) >= 11 is 0. The Bertz CT molecular complexity index is 4900. The lowest BCUT2D eigenvalue weighted by molar-refractivity contribution is -0.0648. The normalized spacial score (nSPS) is 31.4. The molecule has 7 aromatic rings. The number of aromatic amines is 3. The van der Waals surface area contributed by atoms with Crippen LogP contribution in [0.2, 0.25) is 0 Å². The third-order valence-corrected chi connectivity index (χ3v) is 20.5. The van der Waals surface area contributed by atoms with E-state index in [1.807, 2.05) is 4.98 Å². The number of aryl methyl sites for hydroxylation is 2. The number of rotatable bonds is 26. The van der Waals surface area contributed by atoms with E-state index in [1.54, 1.807) is 0 Å². The highest BCUT2D eigenvalue weighted by molar-refractivity contribution is 7.48. The number of phosphoric acid groups is 4. The number of nitrogens with one attached hydrogen (secondary N) is 3. The number of hydrogen-bond donors (Lipinski definition) is 15. The first kappa shape index (κ1) is 74.3. The number of nitrogens with two attached hydrogens (primary N) is 3. The van der Waals surface area contributed by atoms with Gasteiger partial charge in [0.15, 0.2) is 41.3 Å². The number of nitrogens with zero attached hydrogens (tertiary/aromatic N) is 11. The minimum Gasteiger partial charge on any atom is -0.394 e. The summed E-state index contributed by atoms with van der Waals surface area (Å²) < 4.78 is 132. The average Bonchev–Trinajstić information content (AvgIpc) is 1.63. The number of nitrogen functional groups attached to an aromatic ring is 3. The molecular formula is C49H63N17O32P4. The van der Waals surface area contributed by atoms with E-state index in [4.69, 9.17) is 77.1 Å². The second kappa shape index (κ2) is 28.9. The van der Waals surface area contributed by atoms with Crippen molar-refractivity contribution in [2.75, 3.05) is 50.2 Å². The number of phosphoric ester groups is 4. The molecule has 18 N–H and O–H groups in total. The van der Waals surface area contributed by atoms with Crippen LogP contribution < -0.4 is 50.9 Å². The van der Waals surface area contributed by atoms with Crippen LogP contribution in [0.25, 0.3) is 22.3 Å². The number of ether oxygens (including phenoxy) is 5. The Balaban J connectivity index is 0.760. The second-order valence-corrected chi connectivity index (χ2v) is 29.0. The van der Waals surface area contributed by atoms with Crippen LogP contribution in [0.4, 0.5) is 17.6 Å². The molecule has 0 saturated carbocycles. The maximum absolute atomic E-state index is 14.3. The molecule has 5 saturated heterocycles. The van der Waals surface area contributed by atoms with Crippen molar-refractivity contribution in [3.8, 4) is 0 Å². The maximum Gasteiger partial charge on any atom is 0.472 e. The first-order valence-electron chi connectivity index (χ1n) is 29.9. The molecule has 5 aliphatic rings. The number of hydrogen-bond acceptors (Lipinski definition) is 37. The zero-order chi connectivity index (χ0) is 73.4. The van der Waals surface area contributed by atoms with Gasteiger partial charge in [-0.05, 0) is 19.9 Å². The van der Waals surface area contributed by atoms with Gasteiger partial charge in [-0.3, -0.25) is 88.4 Å². The van der Waals surface area contributed by atoms with E-state index >= 15 is 0 Å². The molecule has 0 radical (unpaired) electrons. The summed E-state index contributed by atoms with van der Waals surface area (Å²) in [6.45, 7) is -2.89. The standard InChI is InChI=1S/C49H63N17O32P4/c1-17-7-63(48(76)60-40(17)72)27-5-19(68)22(90-27)10-86-99(78,79)95-20-6-28(64-8-18(2)41(73)61-49(64)77)91-23(20)11-87-100(80,81)98-36-25(94-45(33(36)71)66-16-56-30-39(66)58-46(52)59-42(30)74)13-89-102(84,85)97-35-24(93-43(32(35)70)62-4-3-26(50)57-47(62)75)12-88-101(82,83)96-34-21(9-67)92-44(31(34)69)65-15-55-29-37(51)53-14-54-38(29)65/h3-4,7-8,14-16,19-25,27-28,31-36,43-45,67-71H,5-6,9-13H2,1-2H3,(H,78,79)(H,80,81)(H,82,83)(H,84,85)(H2,50,57,75)(H2,51,53,54)(H,60,72,76)(H,61,73,77)(H3,52,58,59,74)/t19?,20?,21-,22-,23-,24-,25-,27-,28-,31?,32+,33+,34?,35?,36+,43-,44-,45-/m1/s1. The molecule has 5 fully saturated rings. The molecule has 12 heterocycles. The summed E-state index contributed by atoms with van der Waals surface area (Å²) in [6.07, 6.45) is -27.4. The number of aliphatic hydroxyl groups excluding tert-OH is 5. The lowest BCUT2D eigenvalue weighted by Gasteiger charge is -2.27. The van der Waals surface area contributed by atoms with Crippen molar-refractivity contribution in [2.24, 2.45) is 0 Å². The van der Waals surface area contributed by atoms with E-state index in [9.17, 15) is 92.1 Å². The van der Waals surface area contributed by atoms with Crippen LogP contribution in [0.15, 0.2) is 72.4 Å². The van der Waals surface area contributed by atoms with Gasteiger partial charge < -0.3 is 86.0 Å². The van der Waals surface area contributed by atoms with Crippen molar-refractivity contribution >= 4 is 71.2 Å². The van der Waals surface area contributed by atoms with Crippen molar-refractivity contribution in [2.45, 2.75) is 137 Å². The van der Waals surface area contributed by atoms with Crippen LogP contribution in [0.5, 0.6) is 0 Å². The first-order chi connectivity index (χ1) is 48.1. The van der Waals surface area contributed by atoms with Crippen molar-refractivity contribution in [3.05, 3.63) is 117 Å². The Morgan fingerprint density at radius 1 is 0.529 bits per heavy atom. The molecule has 0 aliphatic carbocycles. The minimum atomic E-state index is -5.85. The monoisotopic (exact) mass is 1530 g/mol. The number of H-pyrrole nitrogens is 3. The van der Waals surface area contributed by atoms with Crippen LogP contribution in [0, 0.1) is 13.8 Å². The van der Waals surface area contributed by atoms with E-state index in [0.717, 1.165) is 51.1 Å². The molecule has 53 heteroatoms. The van der Waals surface area contributed by atoms with Gasteiger partial charge in [-0.2, -0.15) is 9.97 Å². The number of fused-ring (bicyclic) bond motifs is 2. The van der Waals surface area contributed by atoms with Gasteiger partial charge in [0.05, 0.1) is 51.8 Å². The van der Waals surface area contributed by atoms with Crippen LogP contribution >= 0.6 is 31.3 Å². The van der Waals surface area contributed by atoms with Crippen LogP contribution in [0.3, 0.4) is 0 Å². The fourth-order valence-corrected chi connectivity index (χ4v) is 15.5. The van der Waals surface area contributed by atoms with Gasteiger partial charge in [0, 0.05) is 42.6 Å². The molecule has 49 nitrogen and oxygen atoms in total. The summed E-state index contributed by atoms with van der Waals surface area (Å²) in [4.78, 5) is 151. The quantitative estimate of drug-likeness (QED) is 0.0225. The van der Waals surface area contributed by atoms with Gasteiger partial charge >= 0.3 is 48.4 Å². The van der Waals surface area contributed by atoms with E-state index in [0.29, 0.717) is 4.57 Å². The molecule has 5 aliphatic heterocycles. The summed E-state index contributed by atoms with van der Waals surface area (Å²) in [5.41, 5.74) is 11.2. The average molecular weight is 1530 g/mol. The van der Waals surface area contributed by atoms with Gasteiger partial charge in [0.25, 0.3) is 16.7 Å². The van der Waals surface area contributed by atoms with Crippen molar-refractivity contribution < 1.29 is 123 Å². The number of imidazole rings is 2. The highest BCUT2D eigenvalue weighted by Gasteiger charge is 2.55. The Labute approximate surface area is 565 Å². The lowest BCUT2D eigenvalue weighted by Crippen LogP contribution is -2.39. The smallest absolute Gasteiger partial charge is 0.394 e. The molecule has 12 rings (SSSR count). The molecule has 0 spiro atoms. The maximum atomic E-state index is 14.3. The fraction of sp³-hybridized carbons (Fsp3) is 0.551. The third-order valence-electron chi connectivity index (χ3n) is 16.6. The fourth-order valence-electron chi connectivity index (χ4n) is 11.7. The van der Waals surface area contributed by atoms with Crippen LogP contribution in [-0.2, 0) is 78.1 Å². The number of anilines is 3. The van der Waals surface area contributed by atoms with Crippen molar-refractivity contribution in [1.82, 2.24) is 67.7 Å². The zero-order valence-corrected chi connectivity index (χ0v) is 55.8. The van der Waals surface area contributed by atoms with Gasteiger partial charge in [-0.15, -0.1) is 0 Å². The number of aliphatic hydroxyl groups is 5. The zero-order valence-electron chi connectivity index (χ0n) is 52.2. The van der Waals surface area contributed by atoms with Gasteiger partial charge in [-0.25, -0.2) is 52.6 Å². The van der Waals surface area contributed by atoms with Crippen molar-refractivity contribution in [3.63, 3.8) is 0 Å². The van der Waals surface area contributed by atoms with E-state index in [-0.39, 0.29) is 46.0 Å². The predicted molar refractivity (Wildman–Crippen MR) is 330 cm³/mol. The van der Waals surface area contributed by atoms with E-state index in [2.05, 4.69) is 39.9 Å². The molecule has 7 aromatic heterocycles. The number of aromatic nitrogens is 14. The second-order valence-electron chi connectivity index (χ2n) is 23.4. The summed E-state index contributed by atoms with van der Waals surface area (Å²) in [6, 6.07) is 1.08. The summed E-state index contributed by atoms with van der Waals surface area (Å²) in [5, 5.41) is 56.1. The Hall–Kier alpha value is -7.42. The molecule has 9 unspecified atom stereocenters. The molecule has 0 amide bonds. The summed E-state index contributed by atoms with van der Waals surface area (Å²) in [7, 11) is -22.6. The highest BCUT2D eigenvalue weighted by atomic mass is 31.2. The summed E-state index contributed by atoms with van der Waals surface area (Å²) in [5.74, 6) is -0.849. The minimum absolute atomic E-state index is 0.0299. The largest absolute Gasteiger partial charge is 0.472 e. The van der Waals surface area contributed by atoms with E-state index in [1.165, 1.54) is 24.6 Å². The molecule has 102 heavy (non-hydrogen) atoms. The first-order valence-corrected chi connectivity index (χ1v) is 35.9. The topological polar surface area (TPSA) is 700 Å². The van der Waals surface area contributed by atoms with Crippen LogP contribution in [-0.4, -0.2) is 225 Å². The molecule has 556 valence electrons. The Morgan fingerprint density at radius 3 is 1.53 bits per heavy atom. The van der Waals surface area contributed by atoms with E-state index < -0.39 is 226 Å². The van der Waals surface area contributed by atoms with Gasteiger partial charge in [-0.1, -0.05) is 0 Å².